The van der Waals surface area contributed by atoms with E-state index in [0.717, 1.165) is 11.2 Å². The third-order valence-corrected chi connectivity index (χ3v) is 11.4. The zero-order valence-electron chi connectivity index (χ0n) is 37.4. The van der Waals surface area contributed by atoms with Gasteiger partial charge in [0.05, 0.1) is 74.5 Å². The van der Waals surface area contributed by atoms with Crippen LogP contribution in [0.1, 0.15) is 72.5 Å². The van der Waals surface area contributed by atoms with Crippen molar-refractivity contribution >= 4 is 68.5 Å². The molecule has 7 rings (SSSR count). The Labute approximate surface area is 394 Å². The highest BCUT2D eigenvalue weighted by Gasteiger charge is 2.45. The lowest BCUT2D eigenvalue weighted by Crippen LogP contribution is -2.54. The number of amides is 5. The molecule has 0 aliphatic carbocycles. The van der Waals surface area contributed by atoms with E-state index in [1.807, 2.05) is 20.8 Å². The molecule has 2 aliphatic heterocycles. The van der Waals surface area contributed by atoms with Crippen molar-refractivity contribution in [2.75, 3.05) is 54.6 Å². The van der Waals surface area contributed by atoms with Crippen LogP contribution in [-0.2, 0) is 47.0 Å². The summed E-state index contributed by atoms with van der Waals surface area (Å²) in [6.07, 6.45) is 6.06. The first-order chi connectivity index (χ1) is 32.4. The molecule has 2 aromatic carbocycles. The van der Waals surface area contributed by atoms with E-state index in [-0.39, 0.29) is 109 Å². The van der Waals surface area contributed by atoms with Gasteiger partial charge in [0.15, 0.2) is 5.82 Å². The van der Waals surface area contributed by atoms with Gasteiger partial charge in [0, 0.05) is 65.7 Å². The minimum Gasteiger partial charge on any atom is -0.379 e. The first-order valence-corrected chi connectivity index (χ1v) is 23.8. The summed E-state index contributed by atoms with van der Waals surface area (Å²) in [5, 5.41) is 24.3. The molecule has 25 heteroatoms. The van der Waals surface area contributed by atoms with Crippen molar-refractivity contribution in [3.05, 3.63) is 82.6 Å². The maximum atomic E-state index is 15.8. The van der Waals surface area contributed by atoms with E-state index in [4.69, 9.17) is 21.1 Å². The molecule has 1 saturated heterocycles. The summed E-state index contributed by atoms with van der Waals surface area (Å²) >= 11 is 6.29. The number of aromatic nitrogens is 7. The Morgan fingerprint density at radius 3 is 2.50 bits per heavy atom. The van der Waals surface area contributed by atoms with Gasteiger partial charge in [-0.2, -0.15) is 5.10 Å². The number of carbonyl (C=O) groups excluding carboxylic acids is 5. The van der Waals surface area contributed by atoms with Gasteiger partial charge in [0.2, 0.25) is 33.7 Å². The molecule has 5 N–H and O–H groups in total. The maximum Gasteiger partial charge on any atom is 0.264 e. The van der Waals surface area contributed by atoms with Crippen LogP contribution in [0.15, 0.2) is 55.0 Å². The Kier molecular flexibility index (Phi) is 15.4. The van der Waals surface area contributed by atoms with Crippen molar-refractivity contribution in [2.24, 2.45) is 0 Å². The van der Waals surface area contributed by atoms with Crippen molar-refractivity contribution in [2.45, 2.75) is 71.2 Å². The van der Waals surface area contributed by atoms with Gasteiger partial charge in [-0.25, -0.2) is 27.5 Å². The fraction of sp³-hybridized carbons (Fsp3) is 0.395. The molecule has 2 unspecified atom stereocenters. The van der Waals surface area contributed by atoms with Gasteiger partial charge in [0.1, 0.15) is 17.4 Å². The molecule has 5 amide bonds. The zero-order valence-corrected chi connectivity index (χ0v) is 39.0. The number of hydrogen-bond donors (Lipinski definition) is 5. The first-order valence-electron chi connectivity index (χ1n) is 21.5. The number of nitrogens with one attached hydrogen (secondary N) is 5. The summed E-state index contributed by atoms with van der Waals surface area (Å²) in [5.74, 6) is -3.17. The summed E-state index contributed by atoms with van der Waals surface area (Å²) in [5.41, 5.74) is 1.99. The van der Waals surface area contributed by atoms with Crippen molar-refractivity contribution in [1.82, 2.24) is 50.3 Å². The van der Waals surface area contributed by atoms with Gasteiger partial charge in [0.25, 0.3) is 11.8 Å². The molecule has 68 heavy (non-hydrogen) atoms. The number of sulfonamides is 1. The van der Waals surface area contributed by atoms with Crippen LogP contribution in [0.3, 0.4) is 0 Å². The second-order valence-electron chi connectivity index (χ2n) is 16.2. The van der Waals surface area contributed by atoms with Crippen molar-refractivity contribution in [1.29, 1.82) is 0 Å². The zero-order chi connectivity index (χ0) is 48.7. The SMILES string of the molecule is CC(CNc1nccc(-c2cn(C(C)C)nc2-c2cc(Cl)cc(NS(C)(=O)=O)c2F)n1)NC(=O)CCOCCOCCn1cc(CNc2cccc3c2C(=O)N(C2CCC(=O)NC2=O)C3=O)nn1. The molecule has 1 fully saturated rings. The largest absolute Gasteiger partial charge is 0.379 e. The number of ether oxygens (including phenoxy) is 2. The fourth-order valence-electron chi connectivity index (χ4n) is 7.34. The van der Waals surface area contributed by atoms with E-state index in [1.165, 1.54) is 24.4 Å². The predicted molar refractivity (Wildman–Crippen MR) is 245 cm³/mol. The summed E-state index contributed by atoms with van der Waals surface area (Å²) < 4.78 is 56.2. The second-order valence-corrected chi connectivity index (χ2v) is 18.4. The van der Waals surface area contributed by atoms with Crippen LogP contribution in [-0.4, -0.2) is 129 Å². The molecule has 22 nitrogen and oxygen atoms in total. The lowest BCUT2D eigenvalue weighted by molar-refractivity contribution is -0.136. The Hall–Kier alpha value is -6.89. The Morgan fingerprint density at radius 1 is 0.971 bits per heavy atom. The van der Waals surface area contributed by atoms with Crippen LogP contribution in [0.4, 0.5) is 21.7 Å². The number of nitrogens with zero attached hydrogens (tertiary/aromatic N) is 8. The minimum absolute atomic E-state index is 0.0239. The average molecular weight is 978 g/mol. The number of hydrogen-bond acceptors (Lipinski definition) is 16. The van der Waals surface area contributed by atoms with Gasteiger partial charge in [-0.15, -0.1) is 5.10 Å². The van der Waals surface area contributed by atoms with Crippen molar-refractivity contribution in [3.8, 4) is 22.5 Å². The number of benzene rings is 2. The molecule has 0 bridgehead atoms. The Bertz CT molecular complexity index is 2840. The number of anilines is 3. The number of carbonyl (C=O) groups is 5. The van der Waals surface area contributed by atoms with Crippen LogP contribution in [0, 0.1) is 5.82 Å². The Balaban J connectivity index is 0.801. The van der Waals surface area contributed by atoms with Crippen LogP contribution in [0.25, 0.3) is 22.5 Å². The van der Waals surface area contributed by atoms with Crippen LogP contribution in [0.2, 0.25) is 5.02 Å². The monoisotopic (exact) mass is 977 g/mol. The number of fused-ring (bicyclic) bond motifs is 1. The van der Waals surface area contributed by atoms with Gasteiger partial charge in [-0.05, 0) is 57.5 Å². The standard InChI is InChI=1S/C43H49ClFN13O9S/c1-24(2)57-23-30(39(53-57)29-18-26(44)19-33(38(29)45)54-68(4,64)65)31-10-12-46-43(50-31)48-20-25(3)49-36(60)11-14-66-16-17-67-15-13-56-22-27(52-55-56)21-47-32-7-5-6-28-37(32)42(63)58(41(28)62)34-8-9-35(59)51-40(34)61/h5-7,10,12,18-19,22-25,34,47,54H,8-9,11,13-17,20-21H2,1-4H3,(H,49,60)(H,46,48,50)(H,51,59,61). The topological polar surface area (TPSA) is 276 Å². The highest BCUT2D eigenvalue weighted by molar-refractivity contribution is 7.92. The molecule has 5 aromatic rings. The third kappa shape index (κ3) is 12.0. The molecule has 0 radical (unpaired) electrons. The molecule has 360 valence electrons. The number of halogens is 2. The van der Waals surface area contributed by atoms with Gasteiger partial charge >= 0.3 is 0 Å². The van der Waals surface area contributed by atoms with Crippen molar-refractivity contribution in [3.63, 3.8) is 0 Å². The summed E-state index contributed by atoms with van der Waals surface area (Å²) in [7, 11) is -3.81. The quantitative estimate of drug-likeness (QED) is 0.0491. The van der Waals surface area contributed by atoms with E-state index >= 15 is 4.39 Å². The molecule has 0 saturated carbocycles. The minimum atomic E-state index is -3.81. The lowest BCUT2D eigenvalue weighted by Gasteiger charge is -2.27. The summed E-state index contributed by atoms with van der Waals surface area (Å²) in [6.45, 7) is 7.50. The maximum absolute atomic E-state index is 15.8. The smallest absolute Gasteiger partial charge is 0.264 e. The average Bonchev–Trinajstić information content (AvgIpc) is 4.01. The van der Waals surface area contributed by atoms with E-state index < -0.39 is 45.5 Å². The third-order valence-electron chi connectivity index (χ3n) is 10.6. The van der Waals surface area contributed by atoms with Gasteiger partial charge < -0.3 is 25.4 Å². The Morgan fingerprint density at radius 2 is 1.75 bits per heavy atom. The van der Waals surface area contributed by atoms with Crippen LogP contribution in [0.5, 0.6) is 0 Å². The molecule has 5 heterocycles. The summed E-state index contributed by atoms with van der Waals surface area (Å²) in [6, 6.07) is 7.50. The molecule has 0 spiro atoms. The van der Waals surface area contributed by atoms with E-state index in [0.29, 0.717) is 35.8 Å². The predicted octanol–water partition coefficient (Wildman–Crippen LogP) is 3.40. The van der Waals surface area contributed by atoms with E-state index in [2.05, 4.69) is 51.4 Å². The lowest BCUT2D eigenvalue weighted by atomic mass is 10.0. The normalized spacial score (nSPS) is 15.4. The highest BCUT2D eigenvalue weighted by atomic mass is 35.5. The van der Waals surface area contributed by atoms with E-state index in [1.54, 1.807) is 40.0 Å². The first kappa shape index (κ1) is 49.0. The highest BCUT2D eigenvalue weighted by Crippen LogP contribution is 2.37. The van der Waals surface area contributed by atoms with Crippen molar-refractivity contribution < 1.29 is 46.3 Å². The number of rotatable bonds is 22. The second kappa shape index (κ2) is 21.4. The molecular formula is C43H49ClFN13O9S. The molecular weight excluding hydrogens is 929 g/mol. The van der Waals surface area contributed by atoms with Crippen LogP contribution < -0.4 is 26.0 Å². The molecule has 2 atom stereocenters. The number of imide groups is 2. The van der Waals surface area contributed by atoms with E-state index in [9.17, 15) is 32.4 Å². The van der Waals surface area contributed by atoms with Gasteiger partial charge in [-0.3, -0.25) is 43.6 Å². The molecule has 2 aliphatic rings. The summed E-state index contributed by atoms with van der Waals surface area (Å²) in [4.78, 5) is 73.0. The van der Waals surface area contributed by atoms with Gasteiger partial charge in [-0.1, -0.05) is 22.9 Å². The van der Waals surface area contributed by atoms with Crippen LogP contribution >= 0.6 is 11.6 Å². The number of piperidine rings is 1. The fourth-order valence-corrected chi connectivity index (χ4v) is 8.10. The molecule has 3 aromatic heterocycles.